The summed E-state index contributed by atoms with van der Waals surface area (Å²) in [6.45, 7) is 4.97. The Morgan fingerprint density at radius 2 is 1.64 bits per heavy atom. The van der Waals surface area contributed by atoms with Crippen LogP contribution >= 0.6 is 22.2 Å². The Kier molecular flexibility index (Phi) is 12.4. The summed E-state index contributed by atoms with van der Waals surface area (Å²) in [6.07, 6.45) is 3.37. The summed E-state index contributed by atoms with van der Waals surface area (Å²) in [4.78, 5) is 0. The summed E-state index contributed by atoms with van der Waals surface area (Å²) in [7, 11) is -1.06. The Bertz CT molecular complexity index is 115. The standard InChI is InChI=1S/C9H19Cl2O2Si/c1-2-12-7-8-13-6-4-3-5-9-14(10)11/h2-9H2,1H3. The highest BCUT2D eigenvalue weighted by molar-refractivity contribution is 7.33. The zero-order chi connectivity index (χ0) is 10.6. The maximum absolute atomic E-state index is 5.69. The molecule has 0 N–H and O–H groups in total. The molecule has 14 heavy (non-hydrogen) atoms. The molecule has 0 spiro atoms. The van der Waals surface area contributed by atoms with Crippen LogP contribution in [0.2, 0.25) is 6.04 Å². The minimum atomic E-state index is -1.06. The van der Waals surface area contributed by atoms with Gasteiger partial charge in [0.15, 0.2) is 0 Å². The van der Waals surface area contributed by atoms with E-state index in [0.29, 0.717) is 13.2 Å². The molecule has 0 unspecified atom stereocenters. The molecule has 0 aliphatic rings. The van der Waals surface area contributed by atoms with Gasteiger partial charge in [-0.15, -0.1) is 22.2 Å². The third-order valence-corrected chi connectivity index (χ3v) is 3.60. The van der Waals surface area contributed by atoms with E-state index in [9.17, 15) is 0 Å². The molecule has 0 aromatic rings. The van der Waals surface area contributed by atoms with Crippen molar-refractivity contribution < 1.29 is 9.47 Å². The van der Waals surface area contributed by atoms with Crippen LogP contribution in [0.4, 0.5) is 0 Å². The van der Waals surface area contributed by atoms with Crippen molar-refractivity contribution in [1.29, 1.82) is 0 Å². The zero-order valence-corrected chi connectivity index (χ0v) is 11.2. The summed E-state index contributed by atoms with van der Waals surface area (Å²) in [5, 5.41) is 0. The molecule has 2 nitrogen and oxygen atoms in total. The van der Waals surface area contributed by atoms with Crippen molar-refractivity contribution in [1.82, 2.24) is 0 Å². The molecular weight excluding hydrogens is 239 g/mol. The predicted octanol–water partition coefficient (Wildman–Crippen LogP) is 3.18. The Morgan fingerprint density at radius 3 is 2.29 bits per heavy atom. The van der Waals surface area contributed by atoms with E-state index in [1.165, 1.54) is 0 Å². The van der Waals surface area contributed by atoms with Gasteiger partial charge in [0, 0.05) is 13.2 Å². The van der Waals surface area contributed by atoms with Crippen LogP contribution in [0.3, 0.4) is 0 Å². The van der Waals surface area contributed by atoms with Crippen molar-refractivity contribution in [2.24, 2.45) is 0 Å². The van der Waals surface area contributed by atoms with Gasteiger partial charge in [0.05, 0.1) is 13.2 Å². The average Bonchev–Trinajstić information content (AvgIpc) is 2.15. The van der Waals surface area contributed by atoms with E-state index < -0.39 is 7.42 Å². The highest BCUT2D eigenvalue weighted by Crippen LogP contribution is 2.09. The van der Waals surface area contributed by atoms with E-state index in [1.54, 1.807) is 0 Å². The summed E-state index contributed by atoms with van der Waals surface area (Å²) < 4.78 is 10.5. The van der Waals surface area contributed by atoms with Gasteiger partial charge in [0.25, 0.3) is 7.42 Å². The van der Waals surface area contributed by atoms with Crippen LogP contribution in [0.1, 0.15) is 26.2 Å². The summed E-state index contributed by atoms with van der Waals surface area (Å²) >= 11 is 11.4. The molecule has 0 bridgehead atoms. The van der Waals surface area contributed by atoms with Crippen LogP contribution in [0.15, 0.2) is 0 Å². The van der Waals surface area contributed by atoms with Crippen LogP contribution < -0.4 is 0 Å². The summed E-state index contributed by atoms with van der Waals surface area (Å²) in [5.74, 6) is 0. The number of rotatable bonds is 10. The summed E-state index contributed by atoms with van der Waals surface area (Å²) in [6, 6.07) is 0.979. The lowest BCUT2D eigenvalue weighted by atomic mass is 10.3. The molecule has 0 atom stereocenters. The average molecular weight is 258 g/mol. The van der Waals surface area contributed by atoms with Crippen molar-refractivity contribution in [3.05, 3.63) is 0 Å². The van der Waals surface area contributed by atoms with Gasteiger partial charge >= 0.3 is 0 Å². The highest BCUT2D eigenvalue weighted by Gasteiger charge is 2.01. The molecule has 0 heterocycles. The second-order valence-electron chi connectivity index (χ2n) is 2.96. The molecule has 0 aliphatic carbocycles. The first-order valence-electron chi connectivity index (χ1n) is 5.09. The van der Waals surface area contributed by atoms with Gasteiger partial charge < -0.3 is 9.47 Å². The molecule has 0 aromatic carbocycles. The quantitative estimate of drug-likeness (QED) is 0.340. The van der Waals surface area contributed by atoms with Gasteiger partial charge in [0.1, 0.15) is 0 Å². The molecule has 0 rings (SSSR count). The van der Waals surface area contributed by atoms with Crippen LogP contribution in [-0.4, -0.2) is 33.8 Å². The second-order valence-corrected chi connectivity index (χ2v) is 7.45. The van der Waals surface area contributed by atoms with Crippen LogP contribution in [0.25, 0.3) is 0 Å². The lowest BCUT2D eigenvalue weighted by Crippen LogP contribution is -2.05. The number of ether oxygens (including phenoxy) is 2. The molecule has 0 aliphatic heterocycles. The molecule has 0 fully saturated rings. The minimum Gasteiger partial charge on any atom is -0.379 e. The van der Waals surface area contributed by atoms with Crippen molar-refractivity contribution in [2.75, 3.05) is 26.4 Å². The minimum absolute atomic E-state index is 0.701. The first-order chi connectivity index (χ1) is 6.77. The first-order valence-corrected chi connectivity index (χ1v) is 8.82. The molecule has 1 radical (unpaired) electrons. The molecular formula is C9H19Cl2O2Si. The van der Waals surface area contributed by atoms with Gasteiger partial charge in [0.2, 0.25) is 0 Å². The van der Waals surface area contributed by atoms with E-state index in [2.05, 4.69) is 0 Å². The van der Waals surface area contributed by atoms with Crippen molar-refractivity contribution in [3.8, 4) is 0 Å². The maximum Gasteiger partial charge on any atom is 0.273 e. The van der Waals surface area contributed by atoms with E-state index in [-0.39, 0.29) is 0 Å². The molecule has 5 heteroatoms. The van der Waals surface area contributed by atoms with E-state index in [4.69, 9.17) is 31.6 Å². The lowest BCUT2D eigenvalue weighted by molar-refractivity contribution is 0.0514. The molecule has 0 saturated carbocycles. The third kappa shape index (κ3) is 12.7. The van der Waals surface area contributed by atoms with Gasteiger partial charge in [-0.2, -0.15) is 0 Å². The molecule has 0 aromatic heterocycles. The van der Waals surface area contributed by atoms with Crippen molar-refractivity contribution in [2.45, 2.75) is 32.2 Å². The fourth-order valence-corrected chi connectivity index (χ4v) is 2.32. The van der Waals surface area contributed by atoms with Gasteiger partial charge in [-0.25, -0.2) is 0 Å². The molecule has 85 valence electrons. The zero-order valence-electron chi connectivity index (χ0n) is 8.73. The number of hydrogen-bond acceptors (Lipinski definition) is 2. The number of unbranched alkanes of at least 4 members (excludes halogenated alkanes) is 2. The SMILES string of the molecule is CCOCCOCCCCC[Si](Cl)Cl. The Labute approximate surface area is 97.9 Å². The third-order valence-electron chi connectivity index (χ3n) is 1.73. The second kappa shape index (κ2) is 11.8. The fraction of sp³-hybridized carbons (Fsp3) is 1.00. The first kappa shape index (κ1) is 14.7. The van der Waals surface area contributed by atoms with Gasteiger partial charge in [-0.3, -0.25) is 0 Å². The molecule has 0 saturated heterocycles. The summed E-state index contributed by atoms with van der Waals surface area (Å²) in [5.41, 5.74) is 0. The Balaban J connectivity index is 2.85. The predicted molar refractivity (Wildman–Crippen MR) is 63.4 cm³/mol. The highest BCUT2D eigenvalue weighted by atomic mass is 35.7. The smallest absolute Gasteiger partial charge is 0.273 e. The fourth-order valence-electron chi connectivity index (χ4n) is 1.00. The van der Waals surface area contributed by atoms with Crippen molar-refractivity contribution >= 4 is 29.6 Å². The van der Waals surface area contributed by atoms with Crippen LogP contribution in [0.5, 0.6) is 0 Å². The van der Waals surface area contributed by atoms with Crippen LogP contribution in [-0.2, 0) is 9.47 Å². The van der Waals surface area contributed by atoms with E-state index in [0.717, 1.165) is 38.5 Å². The maximum atomic E-state index is 5.69. The molecule has 0 amide bonds. The Morgan fingerprint density at radius 1 is 0.929 bits per heavy atom. The van der Waals surface area contributed by atoms with Gasteiger partial charge in [-0.1, -0.05) is 12.8 Å². The lowest BCUT2D eigenvalue weighted by Gasteiger charge is -2.04. The number of halogens is 2. The van der Waals surface area contributed by atoms with Crippen molar-refractivity contribution in [3.63, 3.8) is 0 Å². The number of hydrogen-bond donors (Lipinski definition) is 0. The van der Waals surface area contributed by atoms with E-state index >= 15 is 0 Å². The van der Waals surface area contributed by atoms with Crippen LogP contribution in [0, 0.1) is 0 Å². The largest absolute Gasteiger partial charge is 0.379 e. The monoisotopic (exact) mass is 257 g/mol. The van der Waals surface area contributed by atoms with E-state index in [1.807, 2.05) is 6.92 Å². The normalized spacial score (nSPS) is 11.1. The Hall–Kier alpha value is 0.717. The van der Waals surface area contributed by atoms with Gasteiger partial charge in [-0.05, 0) is 19.4 Å². The topological polar surface area (TPSA) is 18.5 Å².